The van der Waals surface area contributed by atoms with Gasteiger partial charge in [0.2, 0.25) is 0 Å². The normalized spacial score (nSPS) is 27.1. The lowest BCUT2D eigenvalue weighted by Gasteiger charge is -2.16. The molecular weight excluding hydrogens is 240 g/mol. The van der Waals surface area contributed by atoms with Gasteiger partial charge in [-0.05, 0) is 43.4 Å². The molecule has 2 aliphatic rings. The van der Waals surface area contributed by atoms with E-state index < -0.39 is 0 Å². The lowest BCUT2D eigenvalue weighted by Crippen LogP contribution is -2.21. The lowest BCUT2D eigenvalue weighted by atomic mass is 9.94. The zero-order valence-electron chi connectivity index (χ0n) is 11.5. The standard InChI is InChI=1S/C16H22O3/c1-11-8-14(10-19-11)15(17)4-2-12-3-5-16-13(9-12)6-7-18-16/h3,5,9,11,14-15,17H,2,4,6-8,10H2,1H3. The number of aliphatic hydroxyl groups is 1. The summed E-state index contributed by atoms with van der Waals surface area (Å²) in [7, 11) is 0. The minimum atomic E-state index is -0.241. The van der Waals surface area contributed by atoms with E-state index in [1.165, 1.54) is 11.1 Å². The summed E-state index contributed by atoms with van der Waals surface area (Å²) in [5, 5.41) is 10.2. The third-order valence-electron chi connectivity index (χ3n) is 4.26. The molecule has 3 rings (SSSR count). The van der Waals surface area contributed by atoms with Crippen molar-refractivity contribution in [2.75, 3.05) is 13.2 Å². The van der Waals surface area contributed by atoms with Gasteiger partial charge in [-0.3, -0.25) is 0 Å². The Labute approximate surface area is 114 Å². The van der Waals surface area contributed by atoms with Crippen LogP contribution < -0.4 is 4.74 Å². The highest BCUT2D eigenvalue weighted by molar-refractivity contribution is 5.39. The number of fused-ring (bicyclic) bond motifs is 1. The lowest BCUT2D eigenvalue weighted by molar-refractivity contribution is 0.0758. The Hall–Kier alpha value is -1.06. The maximum Gasteiger partial charge on any atom is 0.122 e. The van der Waals surface area contributed by atoms with E-state index in [0.29, 0.717) is 18.6 Å². The average molecular weight is 262 g/mol. The Morgan fingerprint density at radius 1 is 1.42 bits per heavy atom. The molecule has 1 fully saturated rings. The van der Waals surface area contributed by atoms with Crippen LogP contribution in [0.1, 0.15) is 30.9 Å². The van der Waals surface area contributed by atoms with Crippen LogP contribution in [0.15, 0.2) is 18.2 Å². The summed E-state index contributed by atoms with van der Waals surface area (Å²) >= 11 is 0. The Bertz CT molecular complexity index is 444. The maximum absolute atomic E-state index is 10.2. The van der Waals surface area contributed by atoms with Crippen LogP contribution >= 0.6 is 0 Å². The van der Waals surface area contributed by atoms with Crippen molar-refractivity contribution < 1.29 is 14.6 Å². The molecule has 3 heteroatoms. The van der Waals surface area contributed by atoms with Gasteiger partial charge >= 0.3 is 0 Å². The van der Waals surface area contributed by atoms with E-state index in [1.807, 2.05) is 0 Å². The van der Waals surface area contributed by atoms with Gasteiger partial charge in [0.15, 0.2) is 0 Å². The molecule has 0 spiro atoms. The Morgan fingerprint density at radius 2 is 2.32 bits per heavy atom. The average Bonchev–Trinajstić information content (AvgIpc) is 3.03. The number of hydrogen-bond donors (Lipinski definition) is 1. The van der Waals surface area contributed by atoms with E-state index in [1.54, 1.807) is 0 Å². The summed E-state index contributed by atoms with van der Waals surface area (Å²) in [6.07, 6.45) is 3.81. The van der Waals surface area contributed by atoms with Gasteiger partial charge in [0, 0.05) is 12.3 Å². The molecular formula is C16H22O3. The third kappa shape index (κ3) is 2.93. The van der Waals surface area contributed by atoms with Crippen LogP contribution in [-0.4, -0.2) is 30.5 Å². The number of hydrogen-bond acceptors (Lipinski definition) is 3. The molecule has 0 aromatic heterocycles. The SMILES string of the molecule is CC1CC(C(O)CCc2ccc3c(c2)CCO3)CO1. The first-order chi connectivity index (χ1) is 9.22. The van der Waals surface area contributed by atoms with Crippen molar-refractivity contribution in [2.24, 2.45) is 5.92 Å². The molecule has 0 radical (unpaired) electrons. The highest BCUT2D eigenvalue weighted by Crippen LogP contribution is 2.28. The van der Waals surface area contributed by atoms with Gasteiger partial charge in [-0.1, -0.05) is 12.1 Å². The van der Waals surface area contributed by atoms with Crippen molar-refractivity contribution in [1.82, 2.24) is 0 Å². The van der Waals surface area contributed by atoms with Crippen LogP contribution in [0.4, 0.5) is 0 Å². The van der Waals surface area contributed by atoms with Gasteiger partial charge in [0.25, 0.3) is 0 Å². The molecule has 3 atom stereocenters. The van der Waals surface area contributed by atoms with Gasteiger partial charge in [0.1, 0.15) is 5.75 Å². The molecule has 3 nitrogen and oxygen atoms in total. The fourth-order valence-corrected chi connectivity index (χ4v) is 3.06. The molecule has 1 saturated heterocycles. The molecule has 104 valence electrons. The van der Waals surface area contributed by atoms with E-state index in [2.05, 4.69) is 25.1 Å². The van der Waals surface area contributed by atoms with Crippen molar-refractivity contribution >= 4 is 0 Å². The fourth-order valence-electron chi connectivity index (χ4n) is 3.06. The minimum Gasteiger partial charge on any atom is -0.493 e. The van der Waals surface area contributed by atoms with Gasteiger partial charge < -0.3 is 14.6 Å². The van der Waals surface area contributed by atoms with Crippen LogP contribution in [0.2, 0.25) is 0 Å². The van der Waals surface area contributed by atoms with Crippen LogP contribution in [0, 0.1) is 5.92 Å². The van der Waals surface area contributed by atoms with E-state index in [0.717, 1.165) is 38.0 Å². The van der Waals surface area contributed by atoms with Crippen LogP contribution in [0.3, 0.4) is 0 Å². The smallest absolute Gasteiger partial charge is 0.122 e. The summed E-state index contributed by atoms with van der Waals surface area (Å²) in [6, 6.07) is 6.40. The fraction of sp³-hybridized carbons (Fsp3) is 0.625. The minimum absolute atomic E-state index is 0.241. The van der Waals surface area contributed by atoms with Crippen molar-refractivity contribution in [3.8, 4) is 5.75 Å². The maximum atomic E-state index is 10.2. The first-order valence-corrected chi connectivity index (χ1v) is 7.26. The predicted octanol–water partition coefficient (Wildman–Crippen LogP) is 2.34. The third-order valence-corrected chi connectivity index (χ3v) is 4.26. The molecule has 0 saturated carbocycles. The zero-order chi connectivity index (χ0) is 13.2. The zero-order valence-corrected chi connectivity index (χ0v) is 11.5. The van der Waals surface area contributed by atoms with Crippen LogP contribution in [0.5, 0.6) is 5.75 Å². The first-order valence-electron chi connectivity index (χ1n) is 7.26. The molecule has 2 aliphatic heterocycles. The van der Waals surface area contributed by atoms with E-state index in [-0.39, 0.29) is 6.10 Å². The Balaban J connectivity index is 1.54. The Morgan fingerprint density at radius 3 is 3.11 bits per heavy atom. The first kappa shape index (κ1) is 12.9. The highest BCUT2D eigenvalue weighted by atomic mass is 16.5. The van der Waals surface area contributed by atoms with Crippen molar-refractivity contribution in [2.45, 2.75) is 44.8 Å². The van der Waals surface area contributed by atoms with Crippen LogP contribution in [0.25, 0.3) is 0 Å². The number of aryl methyl sites for hydroxylation is 1. The monoisotopic (exact) mass is 262 g/mol. The van der Waals surface area contributed by atoms with Crippen molar-refractivity contribution in [3.05, 3.63) is 29.3 Å². The summed E-state index contributed by atoms with van der Waals surface area (Å²) in [4.78, 5) is 0. The van der Waals surface area contributed by atoms with Gasteiger partial charge in [-0.2, -0.15) is 0 Å². The summed E-state index contributed by atoms with van der Waals surface area (Å²) in [6.45, 7) is 3.59. The number of rotatable bonds is 4. The van der Waals surface area contributed by atoms with Crippen molar-refractivity contribution in [3.63, 3.8) is 0 Å². The number of benzene rings is 1. The van der Waals surface area contributed by atoms with Gasteiger partial charge in [0.05, 0.1) is 25.4 Å². The highest BCUT2D eigenvalue weighted by Gasteiger charge is 2.28. The van der Waals surface area contributed by atoms with E-state index in [9.17, 15) is 5.11 Å². The number of aliphatic hydroxyl groups excluding tert-OH is 1. The number of ether oxygens (including phenoxy) is 2. The molecule has 3 unspecified atom stereocenters. The Kier molecular flexibility index (Phi) is 3.76. The second-order valence-corrected chi connectivity index (χ2v) is 5.79. The quantitative estimate of drug-likeness (QED) is 0.905. The largest absolute Gasteiger partial charge is 0.493 e. The molecule has 0 bridgehead atoms. The molecule has 1 N–H and O–H groups in total. The second kappa shape index (κ2) is 5.51. The van der Waals surface area contributed by atoms with Gasteiger partial charge in [-0.15, -0.1) is 0 Å². The predicted molar refractivity (Wildman–Crippen MR) is 73.5 cm³/mol. The molecule has 0 aliphatic carbocycles. The van der Waals surface area contributed by atoms with Gasteiger partial charge in [-0.25, -0.2) is 0 Å². The summed E-state index contributed by atoms with van der Waals surface area (Å²) < 4.78 is 11.0. The topological polar surface area (TPSA) is 38.7 Å². The second-order valence-electron chi connectivity index (χ2n) is 5.79. The van der Waals surface area contributed by atoms with E-state index in [4.69, 9.17) is 9.47 Å². The summed E-state index contributed by atoms with van der Waals surface area (Å²) in [5.41, 5.74) is 2.61. The molecule has 1 aromatic carbocycles. The van der Waals surface area contributed by atoms with Crippen molar-refractivity contribution in [1.29, 1.82) is 0 Å². The summed E-state index contributed by atoms with van der Waals surface area (Å²) in [5.74, 6) is 1.34. The molecule has 0 amide bonds. The molecule has 19 heavy (non-hydrogen) atoms. The van der Waals surface area contributed by atoms with E-state index >= 15 is 0 Å². The molecule has 1 aromatic rings. The molecule has 2 heterocycles. The van der Waals surface area contributed by atoms with Crippen LogP contribution in [-0.2, 0) is 17.6 Å².